The summed E-state index contributed by atoms with van der Waals surface area (Å²) in [5.41, 5.74) is 1.02. The molecule has 0 N–H and O–H groups in total. The van der Waals surface area contributed by atoms with Gasteiger partial charge < -0.3 is 19.3 Å². The number of imide groups is 1. The minimum atomic E-state index is -0.252. The van der Waals surface area contributed by atoms with E-state index >= 15 is 0 Å². The average Bonchev–Trinajstić information content (AvgIpc) is 2.84. The summed E-state index contributed by atoms with van der Waals surface area (Å²) >= 11 is 0. The molecule has 7 nitrogen and oxygen atoms in total. The van der Waals surface area contributed by atoms with E-state index in [0.717, 1.165) is 11.3 Å². The van der Waals surface area contributed by atoms with Crippen molar-refractivity contribution in [1.82, 2.24) is 14.7 Å². The molecule has 0 aromatic heterocycles. The molecule has 132 valence electrons. The van der Waals surface area contributed by atoms with E-state index in [-0.39, 0.29) is 24.5 Å². The van der Waals surface area contributed by atoms with Crippen molar-refractivity contribution in [2.45, 2.75) is 6.04 Å². The van der Waals surface area contributed by atoms with Crippen LogP contribution in [0.3, 0.4) is 0 Å². The van der Waals surface area contributed by atoms with Crippen molar-refractivity contribution in [1.29, 1.82) is 0 Å². The fraction of sp³-hybridized carbons (Fsp3) is 0.529. The van der Waals surface area contributed by atoms with E-state index in [1.54, 1.807) is 14.2 Å². The van der Waals surface area contributed by atoms with Crippen LogP contribution >= 0.6 is 0 Å². The van der Waals surface area contributed by atoms with E-state index in [1.807, 2.05) is 43.3 Å². The van der Waals surface area contributed by atoms with Crippen LogP contribution in [-0.4, -0.2) is 81.2 Å². The number of hydrogen-bond donors (Lipinski definition) is 0. The molecule has 0 unspecified atom stereocenters. The molecule has 3 amide bonds. The summed E-state index contributed by atoms with van der Waals surface area (Å²) in [5, 5.41) is 0. The first-order valence-electron chi connectivity index (χ1n) is 7.86. The van der Waals surface area contributed by atoms with Crippen molar-refractivity contribution in [2.75, 3.05) is 54.6 Å². The van der Waals surface area contributed by atoms with Crippen molar-refractivity contribution in [3.05, 3.63) is 29.8 Å². The summed E-state index contributed by atoms with van der Waals surface area (Å²) < 4.78 is 10.2. The molecule has 1 saturated heterocycles. The van der Waals surface area contributed by atoms with Crippen LogP contribution in [0.5, 0.6) is 5.75 Å². The highest BCUT2D eigenvalue weighted by Crippen LogP contribution is 2.24. The lowest BCUT2D eigenvalue weighted by Gasteiger charge is -2.28. The molecule has 0 aliphatic carbocycles. The molecule has 1 heterocycles. The minimum absolute atomic E-state index is 0.0776. The molecule has 24 heavy (non-hydrogen) atoms. The van der Waals surface area contributed by atoms with Gasteiger partial charge >= 0.3 is 6.03 Å². The van der Waals surface area contributed by atoms with Crippen LogP contribution in [0, 0.1) is 0 Å². The summed E-state index contributed by atoms with van der Waals surface area (Å²) in [7, 11) is 7.06. The third kappa shape index (κ3) is 4.04. The fourth-order valence-electron chi connectivity index (χ4n) is 2.72. The average molecular weight is 335 g/mol. The molecule has 0 spiro atoms. The van der Waals surface area contributed by atoms with E-state index in [2.05, 4.69) is 0 Å². The summed E-state index contributed by atoms with van der Waals surface area (Å²) in [6.07, 6.45) is 0. The molecule has 1 aromatic rings. The van der Waals surface area contributed by atoms with Gasteiger partial charge in [-0.2, -0.15) is 0 Å². The lowest BCUT2D eigenvalue weighted by molar-refractivity contribution is -0.125. The highest BCUT2D eigenvalue weighted by molar-refractivity contribution is 6.02. The maximum atomic E-state index is 12.4. The molecular formula is C17H25N3O4. The normalized spacial score (nSPS) is 16.2. The first-order chi connectivity index (χ1) is 11.5. The molecule has 1 aromatic carbocycles. The Balaban J connectivity index is 2.12. The number of methoxy groups -OCH3 is 2. The zero-order valence-corrected chi connectivity index (χ0v) is 14.7. The Bertz CT molecular complexity index is 574. The molecule has 1 aliphatic heterocycles. The highest BCUT2D eigenvalue weighted by Gasteiger charge is 2.37. The van der Waals surface area contributed by atoms with Gasteiger partial charge in [-0.3, -0.25) is 9.69 Å². The number of ether oxygens (including phenoxy) is 2. The van der Waals surface area contributed by atoms with Gasteiger partial charge in [0.05, 0.1) is 26.3 Å². The second-order valence-electron chi connectivity index (χ2n) is 5.95. The van der Waals surface area contributed by atoms with E-state index in [0.29, 0.717) is 19.7 Å². The van der Waals surface area contributed by atoms with E-state index in [1.165, 1.54) is 9.80 Å². The Morgan fingerprint density at radius 1 is 1.17 bits per heavy atom. The van der Waals surface area contributed by atoms with Crippen molar-refractivity contribution in [3.8, 4) is 5.75 Å². The number of urea groups is 1. The largest absolute Gasteiger partial charge is 0.497 e. The molecule has 0 bridgehead atoms. The van der Waals surface area contributed by atoms with Crippen molar-refractivity contribution in [2.24, 2.45) is 0 Å². The number of carbonyl (C=O) groups is 2. The topological polar surface area (TPSA) is 62.3 Å². The van der Waals surface area contributed by atoms with Gasteiger partial charge in [0.1, 0.15) is 12.3 Å². The van der Waals surface area contributed by atoms with Crippen LogP contribution in [0.4, 0.5) is 4.79 Å². The van der Waals surface area contributed by atoms with Gasteiger partial charge in [-0.25, -0.2) is 4.79 Å². The third-order valence-electron chi connectivity index (χ3n) is 4.17. The number of hydrogen-bond acceptors (Lipinski definition) is 5. The maximum Gasteiger partial charge on any atom is 0.327 e. The molecule has 0 radical (unpaired) electrons. The molecule has 7 heteroatoms. The van der Waals surface area contributed by atoms with Gasteiger partial charge in [-0.05, 0) is 31.8 Å². The summed E-state index contributed by atoms with van der Waals surface area (Å²) in [6, 6.07) is 7.34. The van der Waals surface area contributed by atoms with Gasteiger partial charge in [-0.15, -0.1) is 0 Å². The Kier molecular flexibility index (Phi) is 6.16. The van der Waals surface area contributed by atoms with Gasteiger partial charge in [0.15, 0.2) is 0 Å². The smallest absolute Gasteiger partial charge is 0.327 e. The Labute approximate surface area is 142 Å². The van der Waals surface area contributed by atoms with Gasteiger partial charge in [0.25, 0.3) is 0 Å². The Morgan fingerprint density at radius 2 is 1.83 bits per heavy atom. The van der Waals surface area contributed by atoms with Gasteiger partial charge in [0, 0.05) is 13.7 Å². The second kappa shape index (κ2) is 8.12. The minimum Gasteiger partial charge on any atom is -0.497 e. The number of amides is 3. The Morgan fingerprint density at radius 3 is 2.38 bits per heavy atom. The van der Waals surface area contributed by atoms with Gasteiger partial charge in [0.2, 0.25) is 5.91 Å². The first kappa shape index (κ1) is 18.2. The highest BCUT2D eigenvalue weighted by atomic mass is 16.5. The number of benzene rings is 1. The monoisotopic (exact) mass is 335 g/mol. The lowest BCUT2D eigenvalue weighted by Crippen LogP contribution is -2.40. The predicted octanol–water partition coefficient (Wildman–Crippen LogP) is 1.21. The molecule has 1 fully saturated rings. The van der Waals surface area contributed by atoms with Crippen molar-refractivity contribution >= 4 is 11.9 Å². The zero-order chi connectivity index (χ0) is 17.7. The standard InChI is InChI=1S/C17H25N3O4/c1-18(2)15(13-5-7-14(24-4)8-6-13)11-20-16(21)12-19(17(20)22)9-10-23-3/h5-8,15H,9-12H2,1-4H3/t15-/m0/s1. The fourth-order valence-corrected chi connectivity index (χ4v) is 2.72. The van der Waals surface area contributed by atoms with Crippen LogP contribution in [0.1, 0.15) is 11.6 Å². The number of carbonyl (C=O) groups excluding carboxylic acids is 2. The van der Waals surface area contributed by atoms with E-state index in [9.17, 15) is 9.59 Å². The molecule has 2 rings (SSSR count). The third-order valence-corrected chi connectivity index (χ3v) is 4.17. The molecule has 1 aliphatic rings. The van der Waals surface area contributed by atoms with Crippen LogP contribution in [0.15, 0.2) is 24.3 Å². The van der Waals surface area contributed by atoms with Crippen LogP contribution < -0.4 is 4.74 Å². The van der Waals surface area contributed by atoms with Crippen LogP contribution in [-0.2, 0) is 9.53 Å². The molecular weight excluding hydrogens is 310 g/mol. The van der Waals surface area contributed by atoms with Crippen LogP contribution in [0.2, 0.25) is 0 Å². The van der Waals surface area contributed by atoms with Gasteiger partial charge in [-0.1, -0.05) is 12.1 Å². The van der Waals surface area contributed by atoms with E-state index < -0.39 is 0 Å². The lowest BCUT2D eigenvalue weighted by atomic mass is 10.1. The first-order valence-corrected chi connectivity index (χ1v) is 7.86. The number of nitrogens with zero attached hydrogens (tertiary/aromatic N) is 3. The summed E-state index contributed by atoms with van der Waals surface area (Å²) in [4.78, 5) is 29.5. The number of likely N-dealkylation sites (N-methyl/N-ethyl adjacent to an activating group) is 1. The van der Waals surface area contributed by atoms with E-state index in [4.69, 9.17) is 9.47 Å². The predicted molar refractivity (Wildman–Crippen MR) is 90.0 cm³/mol. The second-order valence-corrected chi connectivity index (χ2v) is 5.95. The van der Waals surface area contributed by atoms with Crippen LogP contribution in [0.25, 0.3) is 0 Å². The molecule has 1 atom stereocenters. The quantitative estimate of drug-likeness (QED) is 0.668. The zero-order valence-electron chi connectivity index (χ0n) is 14.7. The molecule has 0 saturated carbocycles. The SMILES string of the molecule is COCCN1CC(=O)N(C[C@@H](c2ccc(OC)cc2)N(C)C)C1=O. The Hall–Kier alpha value is -2.12. The number of rotatable bonds is 8. The summed E-state index contributed by atoms with van der Waals surface area (Å²) in [6.45, 7) is 1.28. The maximum absolute atomic E-state index is 12.4. The van der Waals surface area contributed by atoms with Crippen molar-refractivity contribution < 1.29 is 19.1 Å². The van der Waals surface area contributed by atoms with Crippen molar-refractivity contribution in [3.63, 3.8) is 0 Å². The summed E-state index contributed by atoms with van der Waals surface area (Å²) in [5.74, 6) is 0.604.